The Morgan fingerprint density at radius 3 is 2.47 bits per heavy atom. The second kappa shape index (κ2) is 4.66. The van der Waals surface area contributed by atoms with E-state index in [4.69, 9.17) is 5.11 Å². The maximum atomic E-state index is 12.2. The van der Waals surface area contributed by atoms with Crippen LogP contribution in [0.15, 0.2) is 24.3 Å². The summed E-state index contributed by atoms with van der Waals surface area (Å²) in [7, 11) is 0. The molecule has 100 valence electrons. The molecule has 2 aromatic rings. The number of rotatable bonds is 3. The normalized spacial score (nSPS) is 11.5. The summed E-state index contributed by atoms with van der Waals surface area (Å²) in [5.74, 6) is -1.40. The van der Waals surface area contributed by atoms with E-state index in [2.05, 4.69) is 5.32 Å². The van der Waals surface area contributed by atoms with Gasteiger partial charge in [-0.15, -0.1) is 11.3 Å². The number of thiophene rings is 1. The molecule has 0 fully saturated rings. The lowest BCUT2D eigenvalue weighted by molar-refractivity contribution is -0.143. The summed E-state index contributed by atoms with van der Waals surface area (Å²) in [5, 5.41) is 12.6. The maximum Gasteiger partial charge on any atom is 0.328 e. The van der Waals surface area contributed by atoms with Crippen LogP contribution in [0.3, 0.4) is 0 Å². The average molecular weight is 277 g/mol. The number of amides is 1. The maximum absolute atomic E-state index is 12.2. The lowest BCUT2D eigenvalue weighted by Gasteiger charge is -2.20. The molecule has 1 aromatic heterocycles. The van der Waals surface area contributed by atoms with Crippen molar-refractivity contribution in [3.8, 4) is 0 Å². The highest BCUT2D eigenvalue weighted by Crippen LogP contribution is 2.30. The Hall–Kier alpha value is -1.88. The molecular weight excluding hydrogens is 262 g/mol. The number of aryl methyl sites for hydroxylation is 1. The first-order valence-corrected chi connectivity index (χ1v) is 6.68. The number of benzene rings is 1. The zero-order valence-electron chi connectivity index (χ0n) is 11.0. The van der Waals surface area contributed by atoms with E-state index in [-0.39, 0.29) is 5.91 Å². The van der Waals surface area contributed by atoms with E-state index in [0.717, 1.165) is 15.6 Å². The number of nitrogens with one attached hydrogen (secondary N) is 1. The summed E-state index contributed by atoms with van der Waals surface area (Å²) in [5.41, 5.74) is -0.390. The molecule has 0 saturated heterocycles. The Morgan fingerprint density at radius 1 is 1.26 bits per heavy atom. The second-order valence-corrected chi connectivity index (χ2v) is 5.99. The molecular formula is C14H15NO3S. The highest BCUT2D eigenvalue weighted by molar-refractivity contribution is 7.21. The Bertz CT molecular complexity index is 658. The summed E-state index contributed by atoms with van der Waals surface area (Å²) >= 11 is 1.38. The van der Waals surface area contributed by atoms with E-state index < -0.39 is 11.5 Å². The first-order chi connectivity index (χ1) is 8.83. The molecule has 0 aliphatic heterocycles. The van der Waals surface area contributed by atoms with Crippen LogP contribution in [0.5, 0.6) is 0 Å². The molecule has 0 bridgehead atoms. The second-order valence-electron chi connectivity index (χ2n) is 4.94. The molecule has 0 aliphatic carbocycles. The van der Waals surface area contributed by atoms with Crippen LogP contribution in [-0.2, 0) is 4.79 Å². The number of hydrogen-bond acceptors (Lipinski definition) is 3. The molecule has 0 aliphatic rings. The van der Waals surface area contributed by atoms with Gasteiger partial charge < -0.3 is 10.4 Å². The number of aliphatic carboxylic acids is 1. The quantitative estimate of drug-likeness (QED) is 0.906. The highest BCUT2D eigenvalue weighted by Gasteiger charge is 2.30. The van der Waals surface area contributed by atoms with Crippen LogP contribution >= 0.6 is 11.3 Å². The standard InChI is InChI=1S/C14H15NO3S/c1-8-9-6-4-5-7-10(9)19-11(8)12(16)15-14(2,3)13(17)18/h4-7H,1-3H3,(H,15,16)(H,17,18). The minimum Gasteiger partial charge on any atom is -0.480 e. The first kappa shape index (κ1) is 13.5. The minimum atomic E-state index is -1.28. The Labute approximate surface area is 115 Å². The fourth-order valence-electron chi connectivity index (χ4n) is 1.78. The molecule has 1 amide bonds. The van der Waals surface area contributed by atoms with Gasteiger partial charge in [0.15, 0.2) is 0 Å². The molecule has 4 nitrogen and oxygen atoms in total. The van der Waals surface area contributed by atoms with Crippen LogP contribution in [0, 0.1) is 6.92 Å². The predicted molar refractivity (Wildman–Crippen MR) is 75.7 cm³/mol. The van der Waals surface area contributed by atoms with Crippen molar-refractivity contribution in [2.75, 3.05) is 0 Å². The zero-order valence-corrected chi connectivity index (χ0v) is 11.8. The van der Waals surface area contributed by atoms with Crippen LogP contribution in [0.2, 0.25) is 0 Å². The molecule has 2 N–H and O–H groups in total. The largest absolute Gasteiger partial charge is 0.480 e. The molecule has 0 radical (unpaired) electrons. The molecule has 1 aromatic carbocycles. The lowest BCUT2D eigenvalue weighted by Crippen LogP contribution is -2.49. The van der Waals surface area contributed by atoms with E-state index >= 15 is 0 Å². The third-order valence-electron chi connectivity index (χ3n) is 3.01. The van der Waals surface area contributed by atoms with Crippen molar-refractivity contribution in [3.05, 3.63) is 34.7 Å². The van der Waals surface area contributed by atoms with Crippen molar-refractivity contribution >= 4 is 33.3 Å². The Kier molecular flexibility index (Phi) is 3.32. The average Bonchev–Trinajstić information content (AvgIpc) is 2.67. The fraction of sp³-hybridized carbons (Fsp3) is 0.286. The topological polar surface area (TPSA) is 66.4 Å². The Morgan fingerprint density at radius 2 is 1.89 bits per heavy atom. The van der Waals surface area contributed by atoms with Crippen LogP contribution in [-0.4, -0.2) is 22.5 Å². The molecule has 0 spiro atoms. The number of carbonyl (C=O) groups excluding carboxylic acids is 1. The molecule has 0 atom stereocenters. The fourth-order valence-corrected chi connectivity index (χ4v) is 2.89. The molecule has 2 rings (SSSR count). The van der Waals surface area contributed by atoms with Crippen LogP contribution < -0.4 is 5.32 Å². The van der Waals surface area contributed by atoms with Crippen LogP contribution in [0.25, 0.3) is 10.1 Å². The van der Waals surface area contributed by atoms with Gasteiger partial charge in [-0.05, 0) is 37.8 Å². The van der Waals surface area contributed by atoms with Crippen LogP contribution in [0.1, 0.15) is 29.1 Å². The smallest absolute Gasteiger partial charge is 0.328 e. The van der Waals surface area contributed by atoms with Gasteiger partial charge in [0, 0.05) is 4.70 Å². The van der Waals surface area contributed by atoms with E-state index in [1.165, 1.54) is 25.2 Å². The summed E-state index contributed by atoms with van der Waals surface area (Å²) in [4.78, 5) is 23.8. The highest BCUT2D eigenvalue weighted by atomic mass is 32.1. The van der Waals surface area contributed by atoms with Gasteiger partial charge in [0.1, 0.15) is 5.54 Å². The third kappa shape index (κ3) is 2.46. The number of fused-ring (bicyclic) bond motifs is 1. The molecule has 0 saturated carbocycles. The molecule has 1 heterocycles. The molecule has 0 unspecified atom stereocenters. The van der Waals surface area contributed by atoms with Gasteiger partial charge in [-0.2, -0.15) is 0 Å². The van der Waals surface area contributed by atoms with Gasteiger partial charge >= 0.3 is 5.97 Å². The lowest BCUT2D eigenvalue weighted by atomic mass is 10.1. The van der Waals surface area contributed by atoms with E-state index in [1.54, 1.807) is 0 Å². The van der Waals surface area contributed by atoms with Crippen molar-refractivity contribution in [2.24, 2.45) is 0 Å². The number of carboxylic acid groups (broad SMARTS) is 1. The van der Waals surface area contributed by atoms with Gasteiger partial charge in [0.2, 0.25) is 0 Å². The zero-order chi connectivity index (χ0) is 14.2. The third-order valence-corrected chi connectivity index (χ3v) is 4.28. The predicted octanol–water partition coefficient (Wildman–Crippen LogP) is 2.80. The summed E-state index contributed by atoms with van der Waals surface area (Å²) < 4.78 is 1.03. The Balaban J connectivity index is 2.37. The minimum absolute atomic E-state index is 0.342. The van der Waals surface area contributed by atoms with Gasteiger partial charge in [0.25, 0.3) is 5.91 Å². The van der Waals surface area contributed by atoms with Crippen molar-refractivity contribution in [3.63, 3.8) is 0 Å². The SMILES string of the molecule is Cc1c(C(=O)NC(C)(C)C(=O)O)sc2ccccc12. The van der Waals surface area contributed by atoms with Gasteiger partial charge in [-0.25, -0.2) is 4.79 Å². The van der Waals surface area contributed by atoms with Crippen LogP contribution in [0.4, 0.5) is 0 Å². The first-order valence-electron chi connectivity index (χ1n) is 5.87. The van der Waals surface area contributed by atoms with E-state index in [9.17, 15) is 9.59 Å². The van der Waals surface area contributed by atoms with Crippen molar-refractivity contribution in [1.29, 1.82) is 0 Å². The monoisotopic (exact) mass is 277 g/mol. The summed E-state index contributed by atoms with van der Waals surface area (Å²) in [6.45, 7) is 4.81. The van der Waals surface area contributed by atoms with E-state index in [0.29, 0.717) is 4.88 Å². The number of carboxylic acids is 1. The number of hydrogen-bond donors (Lipinski definition) is 2. The van der Waals surface area contributed by atoms with Gasteiger partial charge in [-0.3, -0.25) is 4.79 Å². The summed E-state index contributed by atoms with van der Waals surface area (Å²) in [6, 6.07) is 7.75. The van der Waals surface area contributed by atoms with Crippen molar-refractivity contribution in [2.45, 2.75) is 26.3 Å². The van der Waals surface area contributed by atoms with Crippen molar-refractivity contribution < 1.29 is 14.7 Å². The van der Waals surface area contributed by atoms with Gasteiger partial charge in [-0.1, -0.05) is 18.2 Å². The molecule has 5 heteroatoms. The number of carbonyl (C=O) groups is 2. The summed E-state index contributed by atoms with van der Waals surface area (Å²) in [6.07, 6.45) is 0. The van der Waals surface area contributed by atoms with Gasteiger partial charge in [0.05, 0.1) is 4.88 Å². The van der Waals surface area contributed by atoms with E-state index in [1.807, 2.05) is 31.2 Å². The van der Waals surface area contributed by atoms with Crippen molar-refractivity contribution in [1.82, 2.24) is 5.32 Å². The molecule has 19 heavy (non-hydrogen) atoms.